The molecule has 0 aliphatic carbocycles. The monoisotopic (exact) mass is 565 g/mol. The van der Waals surface area contributed by atoms with Gasteiger partial charge in [-0.15, -0.1) is 34.5 Å². The molecule has 5 heteroatoms. The standard InChI is InChI=1S/C22H16NS.C6H7.2ClH.Zr/c1-15-13-16-7-6-10-18(17(16)14-15)23-19-8-2-4-11-21(19)24-22-12-5-3-9-20(22)23;1-6-4-2-3-5-6;;;/h2-14H,1H3;2-5H,1H3;2*1H;/q2*-1;;;+4/p-2. The van der Waals surface area contributed by atoms with Crippen molar-refractivity contribution in [1.29, 1.82) is 0 Å². The van der Waals surface area contributed by atoms with E-state index in [0.29, 0.717) is 0 Å². The Morgan fingerprint density at radius 1 is 0.727 bits per heavy atom. The largest absolute Gasteiger partial charge is 4.00 e. The molecule has 0 spiro atoms. The summed E-state index contributed by atoms with van der Waals surface area (Å²) < 4.78 is 0. The molecule has 6 rings (SSSR count). The van der Waals surface area contributed by atoms with Crippen LogP contribution in [0.2, 0.25) is 0 Å². The molecule has 0 N–H and O–H groups in total. The van der Waals surface area contributed by atoms with E-state index in [-0.39, 0.29) is 51.0 Å². The van der Waals surface area contributed by atoms with Gasteiger partial charge in [-0.1, -0.05) is 55.9 Å². The number of halogens is 2. The van der Waals surface area contributed by atoms with Crippen molar-refractivity contribution in [1.82, 2.24) is 0 Å². The van der Waals surface area contributed by atoms with Gasteiger partial charge in [-0.25, -0.2) is 12.1 Å². The third-order valence-electron chi connectivity index (χ3n) is 5.37. The van der Waals surface area contributed by atoms with Crippen LogP contribution in [0.3, 0.4) is 0 Å². The number of hydrogen-bond acceptors (Lipinski definition) is 2. The van der Waals surface area contributed by atoms with Gasteiger partial charge in [0.1, 0.15) is 0 Å². The third kappa shape index (κ3) is 5.66. The van der Waals surface area contributed by atoms with Gasteiger partial charge < -0.3 is 29.7 Å². The number of fused-ring (bicyclic) bond motifs is 3. The van der Waals surface area contributed by atoms with Crippen LogP contribution in [-0.2, 0) is 26.2 Å². The van der Waals surface area contributed by atoms with Gasteiger partial charge >= 0.3 is 26.2 Å². The Kier molecular flexibility index (Phi) is 10.1. The minimum Gasteiger partial charge on any atom is -1.00 e. The average molecular weight is 568 g/mol. The molecular formula is C28H23Cl2NSZr. The van der Waals surface area contributed by atoms with Gasteiger partial charge in [0.05, 0.1) is 11.4 Å². The molecule has 1 aliphatic heterocycles. The molecular weight excluding hydrogens is 545 g/mol. The van der Waals surface area contributed by atoms with E-state index in [4.69, 9.17) is 0 Å². The van der Waals surface area contributed by atoms with E-state index in [2.05, 4.69) is 110 Å². The zero-order chi connectivity index (χ0) is 20.5. The summed E-state index contributed by atoms with van der Waals surface area (Å²) in [6.07, 6.45) is 0. The number of aryl methyl sites for hydroxylation is 2. The van der Waals surface area contributed by atoms with Crippen LogP contribution in [0.15, 0.2) is 113 Å². The van der Waals surface area contributed by atoms with Gasteiger partial charge in [-0.05, 0) is 24.3 Å². The summed E-state index contributed by atoms with van der Waals surface area (Å²) in [5, 5.41) is 2.62. The third-order valence-corrected chi connectivity index (χ3v) is 6.50. The fourth-order valence-electron chi connectivity index (χ4n) is 4.00. The fourth-order valence-corrected chi connectivity index (χ4v) is 5.06. The Balaban J connectivity index is 0.000000378. The second-order valence-electron chi connectivity index (χ2n) is 7.65. The number of hydrogen-bond donors (Lipinski definition) is 0. The van der Waals surface area contributed by atoms with Crippen molar-refractivity contribution >= 4 is 39.6 Å². The summed E-state index contributed by atoms with van der Waals surface area (Å²) in [4.78, 5) is 5.01. The quantitative estimate of drug-likeness (QED) is 0.281. The molecule has 5 aromatic rings. The molecule has 0 aromatic heterocycles. The van der Waals surface area contributed by atoms with Crippen LogP contribution in [0.5, 0.6) is 0 Å². The first-order valence-electron chi connectivity index (χ1n) is 10.2. The molecule has 0 amide bonds. The molecule has 0 radical (unpaired) electrons. The summed E-state index contributed by atoms with van der Waals surface area (Å²) in [6.45, 7) is 4.25. The number of benzene rings is 3. The number of para-hydroxylation sites is 2. The van der Waals surface area contributed by atoms with Crippen molar-refractivity contribution in [2.45, 2.75) is 23.6 Å². The summed E-state index contributed by atoms with van der Waals surface area (Å²) in [5.41, 5.74) is 6.42. The molecule has 0 bridgehead atoms. The molecule has 33 heavy (non-hydrogen) atoms. The van der Waals surface area contributed by atoms with E-state index in [9.17, 15) is 0 Å². The van der Waals surface area contributed by atoms with Crippen LogP contribution in [0.25, 0.3) is 10.8 Å². The van der Waals surface area contributed by atoms with E-state index in [1.165, 1.54) is 48.8 Å². The van der Waals surface area contributed by atoms with Crippen LogP contribution in [-0.4, -0.2) is 0 Å². The zero-order valence-corrected chi connectivity index (χ0v) is 23.2. The Hall–Kier alpha value is -1.77. The summed E-state index contributed by atoms with van der Waals surface area (Å²) in [6, 6.07) is 36.7. The molecule has 1 heterocycles. The topological polar surface area (TPSA) is 3.24 Å². The maximum absolute atomic E-state index is 2.41. The van der Waals surface area contributed by atoms with Crippen LogP contribution in [0.4, 0.5) is 17.1 Å². The molecule has 1 nitrogen and oxygen atoms in total. The molecule has 0 unspecified atom stereocenters. The molecule has 5 aromatic carbocycles. The first-order valence-corrected chi connectivity index (χ1v) is 11.0. The minimum atomic E-state index is 0. The van der Waals surface area contributed by atoms with Gasteiger partial charge in [-0.2, -0.15) is 23.8 Å². The maximum atomic E-state index is 2.41. The van der Waals surface area contributed by atoms with Crippen molar-refractivity contribution in [2.24, 2.45) is 0 Å². The predicted molar refractivity (Wildman–Crippen MR) is 130 cm³/mol. The SMILES string of the molecule is C[c-]1cccc1.Cc1cc2c(N3c4ccccc4Sc4ccccc43)cccc2[cH-]1.[Cl-].[Cl-].[Zr+4]. The van der Waals surface area contributed by atoms with Crippen molar-refractivity contribution in [3.8, 4) is 0 Å². The molecule has 0 fully saturated rings. The summed E-state index contributed by atoms with van der Waals surface area (Å²) in [7, 11) is 0. The van der Waals surface area contributed by atoms with Gasteiger partial charge in [0.2, 0.25) is 0 Å². The van der Waals surface area contributed by atoms with E-state index >= 15 is 0 Å². The minimum absolute atomic E-state index is 0. The Labute approximate surface area is 231 Å². The van der Waals surface area contributed by atoms with E-state index in [0.717, 1.165) is 0 Å². The van der Waals surface area contributed by atoms with E-state index in [1.54, 1.807) is 0 Å². The van der Waals surface area contributed by atoms with Crippen LogP contribution >= 0.6 is 11.8 Å². The molecule has 1 aliphatic rings. The van der Waals surface area contributed by atoms with Crippen molar-refractivity contribution in [2.75, 3.05) is 4.90 Å². The van der Waals surface area contributed by atoms with Gasteiger partial charge in [0.15, 0.2) is 0 Å². The Morgan fingerprint density at radius 2 is 1.27 bits per heavy atom. The maximum Gasteiger partial charge on any atom is 4.00 e. The van der Waals surface area contributed by atoms with Gasteiger partial charge in [0, 0.05) is 15.5 Å². The van der Waals surface area contributed by atoms with Crippen molar-refractivity contribution < 1.29 is 51.0 Å². The van der Waals surface area contributed by atoms with E-state index in [1.807, 2.05) is 23.9 Å². The number of rotatable bonds is 1. The van der Waals surface area contributed by atoms with Crippen LogP contribution < -0.4 is 29.7 Å². The second-order valence-corrected chi connectivity index (χ2v) is 8.73. The molecule has 0 atom stereocenters. The van der Waals surface area contributed by atoms with Crippen LogP contribution in [0, 0.1) is 13.8 Å². The smallest absolute Gasteiger partial charge is 1.00 e. The van der Waals surface area contributed by atoms with E-state index < -0.39 is 0 Å². The first-order chi connectivity index (χ1) is 14.7. The van der Waals surface area contributed by atoms with Crippen molar-refractivity contribution in [3.05, 3.63) is 114 Å². The average Bonchev–Trinajstić information content (AvgIpc) is 3.40. The molecule has 0 saturated carbocycles. The van der Waals surface area contributed by atoms with Crippen molar-refractivity contribution in [3.63, 3.8) is 0 Å². The summed E-state index contributed by atoms with van der Waals surface area (Å²) in [5.74, 6) is 0. The summed E-state index contributed by atoms with van der Waals surface area (Å²) >= 11 is 1.85. The number of nitrogens with zero attached hydrogens (tertiary/aromatic N) is 1. The fraction of sp³-hybridized carbons (Fsp3) is 0.0714. The molecule has 164 valence electrons. The first kappa shape index (κ1) is 27.5. The Morgan fingerprint density at radius 3 is 1.82 bits per heavy atom. The van der Waals surface area contributed by atoms with Crippen LogP contribution in [0.1, 0.15) is 11.1 Å². The Bertz CT molecular complexity index is 1270. The number of anilines is 3. The van der Waals surface area contributed by atoms with Gasteiger partial charge in [-0.3, -0.25) is 0 Å². The second kappa shape index (κ2) is 12.1. The van der Waals surface area contributed by atoms with Gasteiger partial charge in [0.25, 0.3) is 0 Å². The normalized spacial score (nSPS) is 11.0. The zero-order valence-electron chi connectivity index (χ0n) is 18.4. The predicted octanol–water partition coefficient (Wildman–Crippen LogP) is 2.52. The molecule has 0 saturated heterocycles.